The van der Waals surface area contributed by atoms with Gasteiger partial charge < -0.3 is 9.13 Å². The average Bonchev–Trinajstić information content (AvgIpc) is 1.55. The molecule has 2 heterocycles. The van der Waals surface area contributed by atoms with E-state index in [4.69, 9.17) is 0 Å². The molecule has 1 unspecified atom stereocenters. The van der Waals surface area contributed by atoms with E-state index in [2.05, 4.69) is 312 Å². The van der Waals surface area contributed by atoms with Crippen molar-refractivity contribution in [1.82, 2.24) is 9.13 Å². The van der Waals surface area contributed by atoms with Crippen LogP contribution in [0, 0.1) is 0 Å². The molecular formula is C83H50N2. The molecule has 0 N–H and O–H groups in total. The minimum atomic E-state index is -0.602. The molecule has 0 amide bonds. The lowest BCUT2D eigenvalue weighted by atomic mass is 9.69. The Kier molecular flexibility index (Phi) is 9.57. The van der Waals surface area contributed by atoms with Crippen molar-refractivity contribution >= 4 is 86.7 Å². The molecule has 2 nitrogen and oxygen atoms in total. The fourth-order valence-electron chi connectivity index (χ4n) is 16.2. The van der Waals surface area contributed by atoms with Gasteiger partial charge in [-0.3, -0.25) is 0 Å². The minimum Gasteiger partial charge on any atom is -0.309 e. The maximum absolute atomic E-state index is 2.54. The molecule has 2 aliphatic carbocycles. The third-order valence-corrected chi connectivity index (χ3v) is 19.3. The largest absolute Gasteiger partial charge is 0.309 e. The molecule has 1 atom stereocenters. The van der Waals surface area contributed by atoms with Crippen LogP contribution in [-0.2, 0) is 5.41 Å². The Morgan fingerprint density at radius 3 is 1.11 bits per heavy atom. The maximum Gasteiger partial charge on any atom is 0.0731 e. The van der Waals surface area contributed by atoms with Crippen LogP contribution in [0.2, 0.25) is 0 Å². The summed E-state index contributed by atoms with van der Waals surface area (Å²) in [6, 6.07) is 114. The van der Waals surface area contributed by atoms with Crippen LogP contribution < -0.4 is 0 Å². The van der Waals surface area contributed by atoms with Crippen LogP contribution in [0.25, 0.3) is 154 Å². The van der Waals surface area contributed by atoms with Crippen LogP contribution in [0.4, 0.5) is 0 Å². The summed E-state index contributed by atoms with van der Waals surface area (Å²) in [6.07, 6.45) is 0. The Morgan fingerprint density at radius 1 is 0.200 bits per heavy atom. The van der Waals surface area contributed by atoms with Gasteiger partial charge in [0.15, 0.2) is 0 Å². The fourth-order valence-corrected chi connectivity index (χ4v) is 16.2. The summed E-state index contributed by atoms with van der Waals surface area (Å²) in [7, 11) is 0. The third kappa shape index (κ3) is 6.12. The Morgan fingerprint density at radius 2 is 0.553 bits per heavy atom. The van der Waals surface area contributed by atoms with Crippen LogP contribution in [0.1, 0.15) is 22.3 Å². The number of para-hydroxylation sites is 6. The van der Waals surface area contributed by atoms with Crippen LogP contribution in [0.3, 0.4) is 0 Å². The molecule has 2 aliphatic rings. The van der Waals surface area contributed by atoms with Gasteiger partial charge in [0.05, 0.1) is 27.5 Å². The minimum absolute atomic E-state index is 0.602. The number of nitrogens with zero attached hydrogens (tertiary/aromatic N) is 2. The van der Waals surface area contributed by atoms with Crippen molar-refractivity contribution in [3.8, 4) is 67.0 Å². The van der Waals surface area contributed by atoms with Crippen molar-refractivity contribution in [3.05, 3.63) is 326 Å². The topological polar surface area (TPSA) is 9.86 Å². The molecule has 0 saturated heterocycles. The van der Waals surface area contributed by atoms with Crippen molar-refractivity contribution in [2.75, 3.05) is 0 Å². The van der Waals surface area contributed by atoms with Crippen LogP contribution in [-0.4, -0.2) is 9.13 Å². The lowest BCUT2D eigenvalue weighted by molar-refractivity contribution is 0.802. The summed E-state index contributed by atoms with van der Waals surface area (Å²) in [5, 5.41) is 15.0. The summed E-state index contributed by atoms with van der Waals surface area (Å²) in [4.78, 5) is 0. The average molecular weight is 1080 g/mol. The molecule has 17 aromatic rings. The number of hydrogen-bond donors (Lipinski definition) is 0. The van der Waals surface area contributed by atoms with Gasteiger partial charge in [-0.2, -0.15) is 0 Å². The van der Waals surface area contributed by atoms with E-state index in [0.717, 1.165) is 11.4 Å². The van der Waals surface area contributed by atoms with Gasteiger partial charge in [0, 0.05) is 44.0 Å². The second kappa shape index (κ2) is 17.5. The molecule has 392 valence electrons. The first-order valence-electron chi connectivity index (χ1n) is 29.7. The van der Waals surface area contributed by atoms with Crippen molar-refractivity contribution < 1.29 is 0 Å². The van der Waals surface area contributed by atoms with E-state index in [1.165, 1.54) is 165 Å². The summed E-state index contributed by atoms with van der Waals surface area (Å²) in [5.41, 5.74) is 24.3. The molecule has 2 aromatic heterocycles. The summed E-state index contributed by atoms with van der Waals surface area (Å²) >= 11 is 0. The summed E-state index contributed by atoms with van der Waals surface area (Å²) < 4.78 is 4.97. The molecule has 15 aromatic carbocycles. The van der Waals surface area contributed by atoms with E-state index < -0.39 is 5.41 Å². The maximum atomic E-state index is 2.54. The van der Waals surface area contributed by atoms with Gasteiger partial charge in [0.25, 0.3) is 0 Å². The van der Waals surface area contributed by atoms with E-state index in [1.807, 2.05) is 0 Å². The number of rotatable bonds is 5. The van der Waals surface area contributed by atoms with Gasteiger partial charge in [0.1, 0.15) is 0 Å². The van der Waals surface area contributed by atoms with Gasteiger partial charge in [-0.15, -0.1) is 0 Å². The zero-order valence-corrected chi connectivity index (χ0v) is 46.3. The first-order valence-corrected chi connectivity index (χ1v) is 29.7. The molecule has 0 bridgehead atoms. The standard InChI is InChI=1S/C83H50N2/c1-3-24-51(25-4-1)84-75-48-17-13-30-57(75)65-42-21-40-63(81(65)84)55-36-19-38-60-70(55)50-71-56(64-41-22-43-66-58-31-14-18-49-76(58)85(82(64)66)52-26-5-2-6-27-52)37-20-39-61(71)77(60)69-44-23-47-74-78(69)67-34-11-15-45-72(67)83(74)73-46-16-12-35-68(73)79-59-32-9-7-28-53(59)54-29-8-10-33-62(54)80(79)83/h1-50H. The highest BCUT2D eigenvalue weighted by Gasteiger charge is 2.53. The molecule has 19 rings (SSSR count). The van der Waals surface area contributed by atoms with E-state index >= 15 is 0 Å². The first kappa shape index (κ1) is 46.5. The predicted octanol–water partition coefficient (Wildman–Crippen LogP) is 21.8. The molecule has 85 heavy (non-hydrogen) atoms. The fraction of sp³-hybridized carbons (Fsp3) is 0.0120. The summed E-state index contributed by atoms with van der Waals surface area (Å²) in [5.74, 6) is 0. The van der Waals surface area contributed by atoms with E-state index in [9.17, 15) is 0 Å². The normalized spacial score (nSPS) is 14.2. The Bertz CT molecular complexity index is 5510. The number of hydrogen-bond acceptors (Lipinski definition) is 0. The lowest BCUT2D eigenvalue weighted by Crippen LogP contribution is -2.26. The Labute approximate surface area is 491 Å². The van der Waals surface area contributed by atoms with Crippen molar-refractivity contribution in [2.24, 2.45) is 0 Å². The second-order valence-electron chi connectivity index (χ2n) is 23.2. The lowest BCUT2D eigenvalue weighted by Gasteiger charge is -2.32. The Hall–Kier alpha value is -11.1. The van der Waals surface area contributed by atoms with Crippen molar-refractivity contribution in [2.45, 2.75) is 5.41 Å². The third-order valence-electron chi connectivity index (χ3n) is 19.3. The van der Waals surface area contributed by atoms with Gasteiger partial charge in [-0.25, -0.2) is 0 Å². The number of aromatic nitrogens is 2. The molecule has 0 aliphatic heterocycles. The molecular weight excluding hydrogens is 1020 g/mol. The summed E-state index contributed by atoms with van der Waals surface area (Å²) in [6.45, 7) is 0. The highest BCUT2D eigenvalue weighted by Crippen LogP contribution is 2.67. The number of fused-ring (bicyclic) bond motifs is 23. The van der Waals surface area contributed by atoms with Crippen LogP contribution in [0.5, 0.6) is 0 Å². The highest BCUT2D eigenvalue weighted by atomic mass is 15.0. The molecule has 0 fully saturated rings. The van der Waals surface area contributed by atoms with Crippen LogP contribution >= 0.6 is 0 Å². The predicted molar refractivity (Wildman–Crippen MR) is 358 cm³/mol. The molecule has 1 spiro atoms. The molecule has 2 heteroatoms. The van der Waals surface area contributed by atoms with Crippen molar-refractivity contribution in [3.63, 3.8) is 0 Å². The van der Waals surface area contributed by atoms with Crippen molar-refractivity contribution in [1.29, 1.82) is 0 Å². The monoisotopic (exact) mass is 1070 g/mol. The van der Waals surface area contributed by atoms with Gasteiger partial charge in [-0.1, -0.05) is 261 Å². The van der Waals surface area contributed by atoms with Crippen LogP contribution in [0.15, 0.2) is 303 Å². The quantitative estimate of drug-likeness (QED) is 0.120. The second-order valence-corrected chi connectivity index (χ2v) is 23.2. The first-order chi connectivity index (χ1) is 42.3. The van der Waals surface area contributed by atoms with E-state index in [1.54, 1.807) is 0 Å². The Balaban J connectivity index is 0.976. The number of benzene rings is 15. The zero-order chi connectivity index (χ0) is 55.5. The zero-order valence-electron chi connectivity index (χ0n) is 46.3. The van der Waals surface area contributed by atoms with E-state index in [0.29, 0.717) is 0 Å². The molecule has 0 radical (unpaired) electrons. The molecule has 0 saturated carbocycles. The van der Waals surface area contributed by atoms with Gasteiger partial charge in [0.2, 0.25) is 0 Å². The van der Waals surface area contributed by atoms with E-state index in [-0.39, 0.29) is 0 Å². The van der Waals surface area contributed by atoms with Gasteiger partial charge in [-0.05, 0) is 152 Å². The highest BCUT2D eigenvalue weighted by molar-refractivity contribution is 6.26. The SMILES string of the molecule is c1ccc(-n2c3ccccc3c3cccc(-c4cccc5c(-c6cccc7c6-c6ccccc6C76c7ccccc7-c7c6c6ccccc6c6ccccc76)c6cccc(-c7cccc8c9ccccc9n(-c9ccccc9)c78)c6cc45)c32)cc1. The smallest absolute Gasteiger partial charge is 0.0731 e. The van der Waals surface area contributed by atoms with Gasteiger partial charge >= 0.3 is 0 Å².